The molecule has 6 heteroatoms. The first-order valence-electron chi connectivity index (χ1n) is 11.0. The van der Waals surface area contributed by atoms with Gasteiger partial charge in [0, 0.05) is 30.3 Å². The summed E-state index contributed by atoms with van der Waals surface area (Å²) in [6, 6.07) is 26.3. The van der Waals surface area contributed by atoms with Gasteiger partial charge < -0.3 is 19.5 Å². The lowest BCUT2D eigenvalue weighted by Gasteiger charge is -2.28. The van der Waals surface area contributed by atoms with Crippen LogP contribution in [0, 0.1) is 13.8 Å². The van der Waals surface area contributed by atoms with Gasteiger partial charge in [0.1, 0.15) is 17.5 Å². The Hall–Kier alpha value is -3.64. The molecule has 1 aliphatic rings. The van der Waals surface area contributed by atoms with Gasteiger partial charge in [-0.2, -0.15) is 0 Å². The summed E-state index contributed by atoms with van der Waals surface area (Å²) in [7, 11) is 2.10. The van der Waals surface area contributed by atoms with Crippen LogP contribution in [0.15, 0.2) is 85.1 Å². The number of rotatable bonds is 5. The number of benzene rings is 2. The normalized spacial score (nSPS) is 17.8. The Balaban J connectivity index is 1.51. The van der Waals surface area contributed by atoms with Crippen LogP contribution < -0.4 is 15.0 Å². The molecule has 2 aromatic carbocycles. The Morgan fingerprint density at radius 1 is 0.909 bits per heavy atom. The highest BCUT2D eigenvalue weighted by molar-refractivity contribution is 7.80. The maximum absolute atomic E-state index is 6.10. The van der Waals surface area contributed by atoms with Crippen LogP contribution in [0.25, 0.3) is 0 Å². The van der Waals surface area contributed by atoms with Crippen LogP contribution in [-0.2, 0) is 7.05 Å². The lowest BCUT2D eigenvalue weighted by atomic mass is 10.0. The molecule has 0 bridgehead atoms. The lowest BCUT2D eigenvalue weighted by Crippen LogP contribution is -2.30. The van der Waals surface area contributed by atoms with Gasteiger partial charge >= 0.3 is 0 Å². The molecule has 5 nitrogen and oxygen atoms in total. The maximum Gasteiger partial charge on any atom is 0.174 e. The Bertz CT molecular complexity index is 1280. The zero-order valence-corrected chi connectivity index (χ0v) is 19.7. The van der Waals surface area contributed by atoms with Gasteiger partial charge in [0.15, 0.2) is 5.11 Å². The van der Waals surface area contributed by atoms with Crippen LogP contribution in [0.2, 0.25) is 0 Å². The van der Waals surface area contributed by atoms with Gasteiger partial charge in [-0.25, -0.2) is 0 Å². The van der Waals surface area contributed by atoms with Crippen molar-refractivity contribution in [2.24, 2.45) is 7.05 Å². The number of ether oxygens (including phenoxy) is 1. The first-order valence-corrected chi connectivity index (χ1v) is 11.4. The van der Waals surface area contributed by atoms with E-state index < -0.39 is 0 Å². The van der Waals surface area contributed by atoms with Crippen LogP contribution in [0.5, 0.6) is 11.5 Å². The summed E-state index contributed by atoms with van der Waals surface area (Å²) < 4.78 is 8.32. The molecule has 33 heavy (non-hydrogen) atoms. The maximum atomic E-state index is 6.10. The monoisotopic (exact) mass is 454 g/mol. The minimum atomic E-state index is -0.0606. The van der Waals surface area contributed by atoms with Crippen LogP contribution in [0.4, 0.5) is 5.69 Å². The molecule has 166 valence electrons. The van der Waals surface area contributed by atoms with Gasteiger partial charge in [0.25, 0.3) is 0 Å². The van der Waals surface area contributed by atoms with Gasteiger partial charge in [-0.15, -0.1) is 0 Å². The largest absolute Gasteiger partial charge is 0.457 e. The predicted molar refractivity (Wildman–Crippen MR) is 136 cm³/mol. The molecule has 1 N–H and O–H groups in total. The molecule has 1 saturated heterocycles. The van der Waals surface area contributed by atoms with Gasteiger partial charge in [-0.1, -0.05) is 24.3 Å². The van der Waals surface area contributed by atoms with Gasteiger partial charge in [0.05, 0.1) is 11.7 Å². The van der Waals surface area contributed by atoms with Crippen LogP contribution in [0.3, 0.4) is 0 Å². The van der Waals surface area contributed by atoms with Crippen molar-refractivity contribution in [3.63, 3.8) is 0 Å². The van der Waals surface area contributed by atoms with Gasteiger partial charge in [-0.3, -0.25) is 4.98 Å². The number of para-hydroxylation sites is 1. The van der Waals surface area contributed by atoms with Crippen molar-refractivity contribution >= 4 is 23.0 Å². The highest BCUT2D eigenvalue weighted by atomic mass is 32.1. The first kappa shape index (κ1) is 21.2. The minimum Gasteiger partial charge on any atom is -0.457 e. The first-order chi connectivity index (χ1) is 16.0. The zero-order valence-electron chi connectivity index (χ0n) is 18.9. The van der Waals surface area contributed by atoms with E-state index in [9.17, 15) is 0 Å². The molecule has 1 fully saturated rings. The van der Waals surface area contributed by atoms with E-state index in [-0.39, 0.29) is 12.1 Å². The second kappa shape index (κ2) is 8.71. The fraction of sp³-hybridized carbons (Fsp3) is 0.185. The molecule has 2 atom stereocenters. The van der Waals surface area contributed by atoms with Crippen molar-refractivity contribution in [3.05, 3.63) is 108 Å². The molecule has 0 spiro atoms. The Morgan fingerprint density at radius 3 is 2.33 bits per heavy atom. The number of aromatic nitrogens is 2. The highest BCUT2D eigenvalue weighted by Crippen LogP contribution is 2.42. The number of nitrogens with zero attached hydrogens (tertiary/aromatic N) is 3. The summed E-state index contributed by atoms with van der Waals surface area (Å²) >= 11 is 5.83. The summed E-state index contributed by atoms with van der Waals surface area (Å²) in [5, 5.41) is 4.20. The number of hydrogen-bond acceptors (Lipinski definition) is 3. The van der Waals surface area contributed by atoms with Crippen molar-refractivity contribution < 1.29 is 4.74 Å². The van der Waals surface area contributed by atoms with Crippen molar-refractivity contribution in [1.29, 1.82) is 0 Å². The van der Waals surface area contributed by atoms with Gasteiger partial charge in [-0.05, 0) is 86.2 Å². The molecule has 0 aliphatic carbocycles. The average Bonchev–Trinajstić information content (AvgIpc) is 3.35. The van der Waals surface area contributed by atoms with E-state index in [4.69, 9.17) is 17.0 Å². The zero-order chi connectivity index (χ0) is 22.9. The molecule has 5 rings (SSSR count). The van der Waals surface area contributed by atoms with Crippen molar-refractivity contribution in [1.82, 2.24) is 14.9 Å². The fourth-order valence-electron chi connectivity index (χ4n) is 4.34. The Kier molecular flexibility index (Phi) is 5.60. The molecular weight excluding hydrogens is 428 g/mol. The summed E-state index contributed by atoms with van der Waals surface area (Å²) in [5.41, 5.74) is 5.45. The smallest absolute Gasteiger partial charge is 0.174 e. The Labute approximate surface area is 199 Å². The number of hydrogen-bond donors (Lipinski definition) is 1. The van der Waals surface area contributed by atoms with Crippen molar-refractivity contribution in [2.75, 3.05) is 4.90 Å². The van der Waals surface area contributed by atoms with Crippen LogP contribution >= 0.6 is 12.2 Å². The van der Waals surface area contributed by atoms with Crippen molar-refractivity contribution in [3.8, 4) is 11.5 Å². The third-order valence-corrected chi connectivity index (χ3v) is 6.56. The SMILES string of the molecule is Cc1ccccc1Oc1ccc(N2C(=S)NC(c3ccccn3)C2c2ccc(C)n2C)cc1. The second-order valence-corrected chi connectivity index (χ2v) is 8.70. The van der Waals surface area contributed by atoms with E-state index >= 15 is 0 Å². The molecule has 0 amide bonds. The quantitative estimate of drug-likeness (QED) is 0.374. The number of aryl methyl sites for hydroxylation is 2. The Morgan fingerprint density at radius 2 is 1.67 bits per heavy atom. The third-order valence-electron chi connectivity index (χ3n) is 6.25. The summed E-state index contributed by atoms with van der Waals surface area (Å²) in [6.45, 7) is 4.16. The molecule has 0 saturated carbocycles. The number of nitrogens with one attached hydrogen (secondary N) is 1. The topological polar surface area (TPSA) is 42.3 Å². The summed E-state index contributed by atoms with van der Waals surface area (Å²) in [5.74, 6) is 1.65. The van der Waals surface area contributed by atoms with E-state index in [2.05, 4.69) is 58.0 Å². The number of pyridine rings is 1. The molecule has 2 aromatic heterocycles. The van der Waals surface area contributed by atoms with Gasteiger partial charge in [0.2, 0.25) is 0 Å². The van der Waals surface area contributed by atoms with E-state index in [0.29, 0.717) is 5.11 Å². The molecule has 3 heterocycles. The van der Waals surface area contributed by atoms with Crippen LogP contribution in [0.1, 0.15) is 34.7 Å². The predicted octanol–water partition coefficient (Wildman–Crippen LogP) is 6.01. The summed E-state index contributed by atoms with van der Waals surface area (Å²) in [4.78, 5) is 6.81. The standard InChI is InChI=1S/C27H26N4OS/c1-18-8-4-5-10-24(18)32-21-14-12-20(13-15-21)31-26(23-16-11-19(2)30(23)3)25(29-27(31)33)22-9-6-7-17-28-22/h4-17,25-26H,1-3H3,(H,29,33). The minimum absolute atomic E-state index is 0.0331. The highest BCUT2D eigenvalue weighted by Gasteiger charge is 2.41. The molecule has 2 unspecified atom stereocenters. The van der Waals surface area contributed by atoms with E-state index in [1.807, 2.05) is 67.7 Å². The van der Waals surface area contributed by atoms with Crippen LogP contribution in [-0.4, -0.2) is 14.7 Å². The third kappa shape index (κ3) is 3.98. The summed E-state index contributed by atoms with van der Waals surface area (Å²) in [6.07, 6.45) is 1.83. The number of thiocarbonyl (C=S) groups is 1. The fourth-order valence-corrected chi connectivity index (χ4v) is 4.68. The lowest BCUT2D eigenvalue weighted by molar-refractivity contribution is 0.479. The number of anilines is 1. The van der Waals surface area contributed by atoms with E-state index in [1.165, 1.54) is 11.4 Å². The molecular formula is C27H26N4OS. The molecule has 4 aromatic rings. The van der Waals surface area contributed by atoms with Crippen molar-refractivity contribution in [2.45, 2.75) is 25.9 Å². The molecule has 0 radical (unpaired) electrons. The van der Waals surface area contributed by atoms with E-state index in [0.717, 1.165) is 28.4 Å². The average molecular weight is 455 g/mol. The molecule has 1 aliphatic heterocycles. The second-order valence-electron chi connectivity index (χ2n) is 8.32. The van der Waals surface area contributed by atoms with E-state index in [1.54, 1.807) is 0 Å².